The van der Waals surface area contributed by atoms with Crippen LogP contribution in [-0.2, 0) is 81.5 Å². The van der Waals surface area contributed by atoms with Gasteiger partial charge in [-0.25, -0.2) is 4.79 Å². The van der Waals surface area contributed by atoms with E-state index in [2.05, 4.69) is 74.4 Å². The second kappa shape index (κ2) is 47.6. The van der Waals surface area contributed by atoms with Crippen molar-refractivity contribution >= 4 is 101 Å². The van der Waals surface area contributed by atoms with E-state index in [9.17, 15) is 117 Å². The van der Waals surface area contributed by atoms with Gasteiger partial charge in [0.1, 0.15) is 84.6 Å². The van der Waals surface area contributed by atoms with E-state index in [0.717, 1.165) is 27.7 Å². The highest BCUT2D eigenvalue weighted by molar-refractivity contribution is 6.01. The molecule has 0 saturated heterocycles. The lowest BCUT2D eigenvalue weighted by Gasteiger charge is -2.31. The summed E-state index contributed by atoms with van der Waals surface area (Å²) < 4.78 is 0. The molecule has 0 aromatic rings. The molecule has 0 heterocycles. The molecular formula is C69H121N15O24. The van der Waals surface area contributed by atoms with E-state index in [1.165, 1.54) is 48.5 Å². The van der Waals surface area contributed by atoms with Gasteiger partial charge in [0, 0.05) is 12.8 Å². The third-order valence-corrected chi connectivity index (χ3v) is 17.3. The minimum Gasteiger partial charge on any atom is -0.481 e. The molecule has 0 saturated carbocycles. The Morgan fingerprint density at radius 1 is 0.296 bits per heavy atom. The zero-order chi connectivity index (χ0) is 83.8. The fourth-order valence-electron chi connectivity index (χ4n) is 10.4. The summed E-state index contributed by atoms with van der Waals surface area (Å²) in [5.74, 6) is -22.6. The Labute approximate surface area is 629 Å². The van der Waals surface area contributed by atoms with E-state index in [1.54, 1.807) is 55.4 Å². The van der Waals surface area contributed by atoms with E-state index >= 15 is 0 Å². The van der Waals surface area contributed by atoms with Crippen molar-refractivity contribution in [3.63, 3.8) is 0 Å². The number of nitrogens with one attached hydrogen (secondary N) is 14. The normalized spacial score (nSPS) is 16.8. The molecule has 0 unspecified atom stereocenters. The van der Waals surface area contributed by atoms with E-state index in [-0.39, 0.29) is 30.6 Å². The Morgan fingerprint density at radius 2 is 0.546 bits per heavy atom. The predicted octanol–water partition coefficient (Wildman–Crippen LogP) is -5.15. The molecule has 39 nitrogen and oxygen atoms in total. The van der Waals surface area contributed by atoms with Crippen LogP contribution in [0.3, 0.4) is 0 Å². The molecule has 39 heteroatoms. The molecule has 0 bridgehead atoms. The van der Waals surface area contributed by atoms with E-state index in [0.29, 0.717) is 6.42 Å². The average molecular weight is 1540 g/mol. The first-order chi connectivity index (χ1) is 49.8. The summed E-state index contributed by atoms with van der Waals surface area (Å²) in [5.41, 5.74) is 5.87. The number of hydrogen-bond donors (Lipinski definition) is 22. The van der Waals surface area contributed by atoms with E-state index in [4.69, 9.17) is 5.73 Å². The van der Waals surface area contributed by atoms with Crippen molar-refractivity contribution in [2.45, 2.75) is 285 Å². The quantitative estimate of drug-likeness (QED) is 0.0271. The standard InChI is InChI=1S/C69H121N15O24/c1-20-34(14)51(69(107)108)81-58(96)41(22-24-46(91)92)74-67(105)53(38(18)87)83-65(103)50(33(12)13)80-64(102)49(32(10)11)79-63(101)48(31(8)9)78-57(95)40(21-23-45(89)90)73-55(93)36(16)72-66(104)52(37(17)86)84-68(106)54(39(19)88)82-60(98)43(26-29(4)5)75-59(97)42(25-28(2)3)76-61(99)44(27-85)77-56(94)35(15)71-62(100)47(70)30(6)7/h28-44,47-54,85-88H,20-27,70H2,1-19H3,(H,71,100)(H,72,104)(H,73,93)(H,74,105)(H,75,97)(H,76,99)(H,77,94)(H,78,95)(H,79,101)(H,80,102)(H,81,96)(H,82,98)(H,83,103)(H,84,106)(H,89,90)(H,91,92)(H,107,108)/t34-,35-,36-,37+,38+,39+,40-,41-,42-,43-,44-,47-,48-,49-,50-,51-,52-,53-,54-/m0/s1. The van der Waals surface area contributed by atoms with Gasteiger partial charge in [-0.1, -0.05) is 103 Å². The van der Waals surface area contributed by atoms with Gasteiger partial charge >= 0.3 is 17.9 Å². The summed E-state index contributed by atoms with van der Waals surface area (Å²) in [7, 11) is 0. The van der Waals surface area contributed by atoms with Crippen LogP contribution >= 0.6 is 0 Å². The molecule has 23 N–H and O–H groups in total. The second-order valence-electron chi connectivity index (χ2n) is 29.4. The number of amides is 14. The third-order valence-electron chi connectivity index (χ3n) is 17.3. The lowest BCUT2D eigenvalue weighted by atomic mass is 9.97. The average Bonchev–Trinajstić information content (AvgIpc) is 0.632. The molecule has 0 fully saturated rings. The van der Waals surface area contributed by atoms with Crippen molar-refractivity contribution in [3.8, 4) is 0 Å². The highest BCUT2D eigenvalue weighted by Crippen LogP contribution is 2.16. The zero-order valence-electron chi connectivity index (χ0n) is 65.2. The van der Waals surface area contributed by atoms with Gasteiger partial charge in [-0.05, 0) is 102 Å². The molecule has 108 heavy (non-hydrogen) atoms. The fourth-order valence-corrected chi connectivity index (χ4v) is 10.4. The zero-order valence-corrected chi connectivity index (χ0v) is 65.2. The molecule has 0 spiro atoms. The monoisotopic (exact) mass is 1540 g/mol. The summed E-state index contributed by atoms with van der Waals surface area (Å²) in [6, 6.07) is -23.4. The SMILES string of the molecule is CC[C@H](C)[C@H](NC(=O)[C@H](CCC(=O)O)NC(=O)[C@@H](NC(=O)[C@@H](NC(=O)[C@@H](NC(=O)[C@@H](NC(=O)[C@H](CCC(=O)O)NC(=O)[C@H](C)NC(=O)[C@@H](NC(=O)[C@@H](NC(=O)[C@H](CC(C)C)NC(=O)[C@H](CC(C)C)NC(=O)[C@H](CO)NC(=O)[C@H](C)NC(=O)[C@@H](N)C(C)C)[C@@H](C)O)[C@@H](C)O)C(C)C)C(C)C)C(C)C)[C@@H](C)O)C(=O)O. The summed E-state index contributed by atoms with van der Waals surface area (Å²) in [6.45, 7) is 27.1. The largest absolute Gasteiger partial charge is 0.481 e. The maximum absolute atomic E-state index is 14.2. The molecule has 0 aliphatic rings. The number of nitrogens with two attached hydrogens (primary N) is 1. The number of aliphatic hydroxyl groups excluding tert-OH is 4. The van der Waals surface area contributed by atoms with Crippen LogP contribution in [0.5, 0.6) is 0 Å². The lowest BCUT2D eigenvalue weighted by Crippen LogP contribution is -2.63. The van der Waals surface area contributed by atoms with Crippen molar-refractivity contribution in [2.75, 3.05) is 6.61 Å². The van der Waals surface area contributed by atoms with E-state index in [1.807, 2.05) is 0 Å². The number of aliphatic carboxylic acids is 3. The van der Waals surface area contributed by atoms with Crippen molar-refractivity contribution in [2.24, 2.45) is 47.2 Å². The number of carbonyl (C=O) groups excluding carboxylic acids is 14. The Balaban J connectivity index is 6.64. The van der Waals surface area contributed by atoms with Crippen LogP contribution in [0.25, 0.3) is 0 Å². The highest BCUT2D eigenvalue weighted by atomic mass is 16.4. The van der Waals surface area contributed by atoms with Crippen LogP contribution in [-0.4, -0.2) is 252 Å². The van der Waals surface area contributed by atoms with Crippen molar-refractivity contribution in [1.29, 1.82) is 0 Å². The van der Waals surface area contributed by atoms with Crippen LogP contribution in [0.15, 0.2) is 0 Å². The van der Waals surface area contributed by atoms with Gasteiger partial charge < -0.3 is 116 Å². The smallest absolute Gasteiger partial charge is 0.326 e. The first-order valence-corrected chi connectivity index (χ1v) is 36.2. The van der Waals surface area contributed by atoms with Crippen LogP contribution in [0.2, 0.25) is 0 Å². The van der Waals surface area contributed by atoms with Gasteiger partial charge in [-0.2, -0.15) is 0 Å². The molecule has 19 atom stereocenters. The van der Waals surface area contributed by atoms with Crippen molar-refractivity contribution < 1.29 is 117 Å². The second-order valence-corrected chi connectivity index (χ2v) is 29.4. The number of carbonyl (C=O) groups is 17. The number of carboxylic acids is 3. The fraction of sp³-hybridized carbons (Fsp3) is 0.754. The van der Waals surface area contributed by atoms with Gasteiger partial charge in [0.05, 0.1) is 31.0 Å². The summed E-state index contributed by atoms with van der Waals surface area (Å²) in [6.07, 6.45) is -7.59. The molecule has 0 aromatic carbocycles. The lowest BCUT2D eigenvalue weighted by molar-refractivity contribution is -0.144. The molecule has 0 rings (SSSR count). The molecule has 0 radical (unpaired) electrons. The van der Waals surface area contributed by atoms with Gasteiger partial charge in [0.2, 0.25) is 82.7 Å². The molecule has 0 aromatic heterocycles. The van der Waals surface area contributed by atoms with Gasteiger partial charge in [0.25, 0.3) is 0 Å². The maximum atomic E-state index is 14.2. The Kier molecular flexibility index (Phi) is 43.5. The maximum Gasteiger partial charge on any atom is 0.326 e. The number of rotatable bonds is 49. The summed E-state index contributed by atoms with van der Waals surface area (Å²) in [4.78, 5) is 228. The topological polar surface area (TPSA) is 626 Å². The van der Waals surface area contributed by atoms with Crippen molar-refractivity contribution in [1.82, 2.24) is 74.4 Å². The molecular weight excluding hydrogens is 1420 g/mol. The highest BCUT2D eigenvalue weighted by Gasteiger charge is 2.41. The van der Waals surface area contributed by atoms with Crippen molar-refractivity contribution in [3.05, 3.63) is 0 Å². The summed E-state index contributed by atoms with van der Waals surface area (Å²) >= 11 is 0. The molecule has 14 amide bonds. The van der Waals surface area contributed by atoms with Gasteiger partial charge in [0.15, 0.2) is 0 Å². The Morgan fingerprint density at radius 3 is 0.852 bits per heavy atom. The van der Waals surface area contributed by atoms with Crippen LogP contribution < -0.4 is 80.2 Å². The van der Waals surface area contributed by atoms with Gasteiger partial charge in [-0.15, -0.1) is 0 Å². The molecule has 0 aliphatic heterocycles. The number of hydrogen-bond acceptors (Lipinski definition) is 22. The molecule has 616 valence electrons. The summed E-state index contributed by atoms with van der Waals surface area (Å²) in [5, 5.41) is 105. The first-order valence-electron chi connectivity index (χ1n) is 36.2. The Bertz CT molecular complexity index is 3090. The van der Waals surface area contributed by atoms with Crippen LogP contribution in [0.1, 0.15) is 176 Å². The number of carboxylic acid groups (broad SMARTS) is 3. The minimum absolute atomic E-state index is 0.0398. The third kappa shape index (κ3) is 34.4. The Hall–Kier alpha value is -9.21. The van der Waals surface area contributed by atoms with Gasteiger partial charge in [-0.3, -0.25) is 76.7 Å². The van der Waals surface area contributed by atoms with E-state index < -0.39 is 266 Å². The molecule has 0 aliphatic carbocycles. The first kappa shape index (κ1) is 98.8. The number of aliphatic hydroxyl groups is 4. The minimum atomic E-state index is -1.95. The predicted molar refractivity (Wildman–Crippen MR) is 388 cm³/mol. The van der Waals surface area contributed by atoms with Crippen LogP contribution in [0.4, 0.5) is 0 Å². The van der Waals surface area contributed by atoms with Crippen LogP contribution in [0, 0.1) is 41.4 Å².